The van der Waals surface area contributed by atoms with E-state index in [-0.39, 0.29) is 11.8 Å². The van der Waals surface area contributed by atoms with Crippen LogP contribution in [0.4, 0.5) is 0 Å². The summed E-state index contributed by atoms with van der Waals surface area (Å²) >= 11 is 0. The highest BCUT2D eigenvalue weighted by atomic mass is 16.2. The zero-order valence-corrected chi connectivity index (χ0v) is 16.7. The predicted molar refractivity (Wildman–Crippen MR) is 111 cm³/mol. The number of likely N-dealkylation sites (tertiary alicyclic amines) is 1. The molecular formula is C22H32N4O2. The van der Waals surface area contributed by atoms with Crippen LogP contribution in [0.1, 0.15) is 50.5 Å². The average Bonchev–Trinajstić information content (AvgIpc) is 3.00. The first-order valence-corrected chi connectivity index (χ1v) is 10.5. The van der Waals surface area contributed by atoms with E-state index in [4.69, 9.17) is 0 Å². The number of hydrazine groups is 1. The summed E-state index contributed by atoms with van der Waals surface area (Å²) in [6.45, 7) is 4.51. The lowest BCUT2D eigenvalue weighted by atomic mass is 10.1. The Hall–Kier alpha value is -2.34. The van der Waals surface area contributed by atoms with Crippen LogP contribution in [-0.4, -0.2) is 54.4 Å². The molecule has 0 aromatic heterocycles. The number of rotatable bonds is 8. The fourth-order valence-electron chi connectivity index (χ4n) is 3.73. The molecule has 1 aromatic carbocycles. The van der Waals surface area contributed by atoms with Gasteiger partial charge in [0.05, 0.1) is 12.2 Å². The van der Waals surface area contributed by atoms with Gasteiger partial charge in [0.15, 0.2) is 0 Å². The summed E-state index contributed by atoms with van der Waals surface area (Å²) < 4.78 is 0. The molecule has 0 spiro atoms. The average molecular weight is 385 g/mol. The molecule has 2 N–H and O–H groups in total. The van der Waals surface area contributed by atoms with Crippen LogP contribution in [0.15, 0.2) is 36.4 Å². The molecule has 2 amide bonds. The summed E-state index contributed by atoms with van der Waals surface area (Å²) in [5.74, 6) is -0.00470. The number of nitrogens with one attached hydrogen (secondary N) is 2. The Balaban J connectivity index is 1.34. The maximum Gasteiger partial charge on any atom is 0.244 e. The van der Waals surface area contributed by atoms with E-state index in [0.29, 0.717) is 25.9 Å². The summed E-state index contributed by atoms with van der Waals surface area (Å²) in [4.78, 5) is 26.8. The van der Waals surface area contributed by atoms with E-state index in [2.05, 4.69) is 15.6 Å². The summed E-state index contributed by atoms with van der Waals surface area (Å²) in [5.41, 5.74) is 5.10. The molecule has 152 valence electrons. The van der Waals surface area contributed by atoms with Crippen LogP contribution in [0.5, 0.6) is 0 Å². The van der Waals surface area contributed by atoms with E-state index < -0.39 is 0 Å². The molecule has 0 aliphatic carbocycles. The molecule has 0 unspecified atom stereocenters. The molecule has 3 rings (SSSR count). The number of hydrogen-bond donors (Lipinski definition) is 2. The number of benzene rings is 1. The summed E-state index contributed by atoms with van der Waals surface area (Å²) in [6, 6.07) is 9.91. The first kappa shape index (κ1) is 20.4. The molecule has 2 aliphatic rings. The lowest BCUT2D eigenvalue weighted by molar-refractivity contribution is -0.133. The Labute approximate surface area is 167 Å². The molecule has 6 nitrogen and oxygen atoms in total. The number of hydrogen-bond acceptors (Lipinski definition) is 4. The van der Waals surface area contributed by atoms with Crippen molar-refractivity contribution >= 4 is 17.5 Å². The maximum absolute atomic E-state index is 12.1. The normalized spacial score (nSPS) is 18.2. The highest BCUT2D eigenvalue weighted by molar-refractivity contribution is 5.84. The molecule has 2 aliphatic heterocycles. The fourth-order valence-corrected chi connectivity index (χ4v) is 3.73. The number of nitrogens with zero attached hydrogens (tertiary/aromatic N) is 2. The van der Waals surface area contributed by atoms with Crippen molar-refractivity contribution in [2.75, 3.05) is 32.7 Å². The second-order valence-corrected chi connectivity index (χ2v) is 7.55. The lowest BCUT2D eigenvalue weighted by Gasteiger charge is -2.29. The SMILES string of the molecule is O=C(CCN1NC(c2ccccc2)=CCC1=O)NCCCN1CCCCCC1. The van der Waals surface area contributed by atoms with Crippen LogP contribution in [0, 0.1) is 0 Å². The molecule has 0 bridgehead atoms. The van der Waals surface area contributed by atoms with Crippen LogP contribution in [0.2, 0.25) is 0 Å². The van der Waals surface area contributed by atoms with Crippen molar-refractivity contribution in [3.05, 3.63) is 42.0 Å². The van der Waals surface area contributed by atoms with Gasteiger partial charge in [0.2, 0.25) is 11.8 Å². The molecule has 0 saturated carbocycles. The zero-order chi connectivity index (χ0) is 19.6. The Kier molecular flexibility index (Phi) is 7.91. The molecule has 1 saturated heterocycles. The van der Waals surface area contributed by atoms with Crippen molar-refractivity contribution in [1.29, 1.82) is 0 Å². The van der Waals surface area contributed by atoms with Crippen LogP contribution in [0.3, 0.4) is 0 Å². The number of carbonyl (C=O) groups is 2. The first-order chi connectivity index (χ1) is 13.7. The maximum atomic E-state index is 12.1. The fraction of sp³-hybridized carbons (Fsp3) is 0.545. The van der Waals surface area contributed by atoms with Gasteiger partial charge in [-0.2, -0.15) is 0 Å². The molecular weight excluding hydrogens is 352 g/mol. The van der Waals surface area contributed by atoms with E-state index >= 15 is 0 Å². The van der Waals surface area contributed by atoms with Gasteiger partial charge in [-0.3, -0.25) is 20.0 Å². The molecule has 0 radical (unpaired) electrons. The minimum absolute atomic E-state index is 0.00119. The lowest BCUT2D eigenvalue weighted by Crippen LogP contribution is -2.46. The molecule has 6 heteroatoms. The van der Waals surface area contributed by atoms with Gasteiger partial charge >= 0.3 is 0 Å². The third-order valence-corrected chi connectivity index (χ3v) is 5.36. The van der Waals surface area contributed by atoms with Crippen molar-refractivity contribution in [2.45, 2.75) is 44.9 Å². The van der Waals surface area contributed by atoms with Crippen LogP contribution in [-0.2, 0) is 9.59 Å². The van der Waals surface area contributed by atoms with E-state index in [1.165, 1.54) is 38.8 Å². The highest BCUT2D eigenvalue weighted by Crippen LogP contribution is 2.17. The van der Waals surface area contributed by atoms with Crippen molar-refractivity contribution in [1.82, 2.24) is 20.7 Å². The van der Waals surface area contributed by atoms with Gasteiger partial charge in [0.25, 0.3) is 0 Å². The molecule has 1 fully saturated rings. The van der Waals surface area contributed by atoms with Gasteiger partial charge in [-0.25, -0.2) is 0 Å². The topological polar surface area (TPSA) is 64.7 Å². The van der Waals surface area contributed by atoms with E-state index in [1.807, 2.05) is 36.4 Å². The zero-order valence-electron chi connectivity index (χ0n) is 16.7. The second-order valence-electron chi connectivity index (χ2n) is 7.55. The van der Waals surface area contributed by atoms with Crippen LogP contribution < -0.4 is 10.7 Å². The third kappa shape index (κ3) is 6.37. The molecule has 1 aromatic rings. The van der Waals surface area contributed by atoms with Gasteiger partial charge in [-0.1, -0.05) is 43.2 Å². The molecule has 28 heavy (non-hydrogen) atoms. The van der Waals surface area contributed by atoms with E-state index in [1.54, 1.807) is 5.01 Å². The summed E-state index contributed by atoms with van der Waals surface area (Å²) in [6.07, 6.45) is 8.82. The summed E-state index contributed by atoms with van der Waals surface area (Å²) in [5, 5.41) is 4.54. The van der Waals surface area contributed by atoms with Crippen molar-refractivity contribution in [3.63, 3.8) is 0 Å². The van der Waals surface area contributed by atoms with Crippen molar-refractivity contribution in [2.24, 2.45) is 0 Å². The smallest absolute Gasteiger partial charge is 0.244 e. The van der Waals surface area contributed by atoms with Gasteiger partial charge < -0.3 is 10.2 Å². The minimum Gasteiger partial charge on any atom is -0.356 e. The van der Waals surface area contributed by atoms with Crippen LogP contribution >= 0.6 is 0 Å². The van der Waals surface area contributed by atoms with Crippen molar-refractivity contribution in [3.8, 4) is 0 Å². The van der Waals surface area contributed by atoms with E-state index in [0.717, 1.165) is 24.2 Å². The molecule has 2 heterocycles. The predicted octanol–water partition coefficient (Wildman–Crippen LogP) is 2.54. The minimum atomic E-state index is -0.00588. The van der Waals surface area contributed by atoms with E-state index in [9.17, 15) is 9.59 Å². The first-order valence-electron chi connectivity index (χ1n) is 10.5. The molecule has 0 atom stereocenters. The number of carbonyl (C=O) groups excluding carboxylic acids is 2. The quantitative estimate of drug-likeness (QED) is 0.676. The standard InChI is InChI=1S/C22H32N4O2/c27-21(23-14-8-17-25-15-6-1-2-7-16-25)13-18-26-22(28)12-11-20(24-26)19-9-4-3-5-10-19/h3-5,9-11,24H,1-2,6-8,12-18H2,(H,23,27). The number of amides is 2. The van der Waals surface area contributed by atoms with Gasteiger partial charge in [-0.15, -0.1) is 0 Å². The highest BCUT2D eigenvalue weighted by Gasteiger charge is 2.20. The third-order valence-electron chi connectivity index (χ3n) is 5.36. The van der Waals surface area contributed by atoms with Crippen LogP contribution in [0.25, 0.3) is 5.70 Å². The van der Waals surface area contributed by atoms with Gasteiger partial charge in [-0.05, 0) is 50.5 Å². The largest absolute Gasteiger partial charge is 0.356 e. The Morgan fingerprint density at radius 2 is 1.79 bits per heavy atom. The Morgan fingerprint density at radius 1 is 1.04 bits per heavy atom. The van der Waals surface area contributed by atoms with Gasteiger partial charge in [0.1, 0.15) is 0 Å². The Bertz CT molecular complexity index is 666. The van der Waals surface area contributed by atoms with Gasteiger partial charge in [0, 0.05) is 19.4 Å². The second kappa shape index (κ2) is 10.9. The van der Waals surface area contributed by atoms with Crippen molar-refractivity contribution < 1.29 is 9.59 Å². The Morgan fingerprint density at radius 3 is 2.54 bits per heavy atom. The monoisotopic (exact) mass is 384 g/mol. The summed E-state index contributed by atoms with van der Waals surface area (Å²) in [7, 11) is 0.